The molecule has 7 nitrogen and oxygen atoms in total. The number of sulfonamides is 1. The Bertz CT molecular complexity index is 977. The summed E-state index contributed by atoms with van der Waals surface area (Å²) < 4.78 is 26.7. The molecule has 0 radical (unpaired) electrons. The summed E-state index contributed by atoms with van der Waals surface area (Å²) in [7, 11) is -1.28. The Labute approximate surface area is 166 Å². The summed E-state index contributed by atoms with van der Waals surface area (Å²) in [6, 6.07) is 8.28. The van der Waals surface area contributed by atoms with Gasteiger partial charge in [0, 0.05) is 51.3 Å². The lowest BCUT2D eigenvalue weighted by Gasteiger charge is -2.38. The first kappa shape index (κ1) is 19.1. The molecular weight excluding hydrogens is 376 g/mol. The molecule has 0 N–H and O–H groups in total. The van der Waals surface area contributed by atoms with E-state index in [1.165, 1.54) is 21.7 Å². The molecule has 28 heavy (non-hydrogen) atoms. The van der Waals surface area contributed by atoms with Gasteiger partial charge in [-0.1, -0.05) is 24.3 Å². The quantitative estimate of drug-likeness (QED) is 0.781. The average Bonchev–Trinajstić information content (AvgIpc) is 3.12. The fraction of sp³-hybridized carbons (Fsp3) is 0.500. The molecule has 8 heteroatoms. The number of piperidine rings is 1. The largest absolute Gasteiger partial charge is 0.337 e. The number of fused-ring (bicyclic) bond motifs is 1. The first-order valence-electron chi connectivity index (χ1n) is 9.63. The molecule has 3 heterocycles. The van der Waals surface area contributed by atoms with E-state index < -0.39 is 10.0 Å². The number of carbonyl (C=O) groups excluding carboxylic acids is 1. The molecule has 2 aliphatic rings. The van der Waals surface area contributed by atoms with Gasteiger partial charge in [-0.15, -0.1) is 0 Å². The van der Waals surface area contributed by atoms with E-state index in [4.69, 9.17) is 0 Å². The number of hydrogen-bond acceptors (Lipinski definition) is 4. The zero-order valence-electron chi connectivity index (χ0n) is 16.3. The fourth-order valence-electron chi connectivity index (χ4n) is 4.37. The molecular formula is C20H26N4O3S. The summed E-state index contributed by atoms with van der Waals surface area (Å²) in [5.74, 6) is 0.132. The van der Waals surface area contributed by atoms with Crippen molar-refractivity contribution in [3.63, 3.8) is 0 Å². The van der Waals surface area contributed by atoms with Crippen molar-refractivity contribution in [3.05, 3.63) is 53.3 Å². The minimum absolute atomic E-state index is 0.110. The van der Waals surface area contributed by atoms with Crippen LogP contribution in [-0.4, -0.2) is 59.2 Å². The smallest absolute Gasteiger partial charge is 0.226 e. The second-order valence-electron chi connectivity index (χ2n) is 7.85. The molecule has 0 aliphatic carbocycles. The van der Waals surface area contributed by atoms with E-state index in [9.17, 15) is 13.2 Å². The Morgan fingerprint density at radius 1 is 1.18 bits per heavy atom. The second kappa shape index (κ2) is 7.33. The van der Waals surface area contributed by atoms with Crippen molar-refractivity contribution in [2.75, 3.05) is 25.9 Å². The van der Waals surface area contributed by atoms with E-state index in [2.05, 4.69) is 17.2 Å². The minimum atomic E-state index is -3.18. The highest BCUT2D eigenvalue weighted by Gasteiger charge is 2.35. The maximum absolute atomic E-state index is 13.2. The third-order valence-electron chi connectivity index (χ3n) is 5.91. The zero-order chi connectivity index (χ0) is 19.9. The molecule has 1 fully saturated rings. The third-order valence-corrected chi connectivity index (χ3v) is 7.21. The summed E-state index contributed by atoms with van der Waals surface area (Å²) >= 11 is 0. The lowest BCUT2D eigenvalue weighted by Crippen LogP contribution is -2.46. The number of carbonyl (C=O) groups is 1. The molecule has 1 aromatic carbocycles. The van der Waals surface area contributed by atoms with Gasteiger partial charge in [0.2, 0.25) is 15.9 Å². The van der Waals surface area contributed by atoms with E-state index in [1.54, 1.807) is 4.68 Å². The van der Waals surface area contributed by atoms with E-state index in [0.29, 0.717) is 39.0 Å². The Morgan fingerprint density at radius 2 is 1.89 bits per heavy atom. The molecule has 2 aliphatic heterocycles. The van der Waals surface area contributed by atoms with Crippen LogP contribution in [0.3, 0.4) is 0 Å². The van der Waals surface area contributed by atoms with E-state index in [1.807, 2.05) is 36.5 Å². The maximum Gasteiger partial charge on any atom is 0.226 e. The summed E-state index contributed by atoms with van der Waals surface area (Å²) in [4.78, 5) is 15.2. The van der Waals surface area contributed by atoms with Crippen LogP contribution in [-0.2, 0) is 28.4 Å². The van der Waals surface area contributed by atoms with Crippen LogP contribution in [0.5, 0.6) is 0 Å². The van der Waals surface area contributed by atoms with Gasteiger partial charge in [-0.25, -0.2) is 12.7 Å². The van der Waals surface area contributed by atoms with Crippen LogP contribution in [0.1, 0.15) is 35.4 Å². The lowest BCUT2D eigenvalue weighted by atomic mass is 9.85. The monoisotopic (exact) mass is 402 g/mol. The van der Waals surface area contributed by atoms with Crippen LogP contribution < -0.4 is 0 Å². The average molecular weight is 403 g/mol. The molecule has 1 atom stereocenters. The predicted octanol–water partition coefficient (Wildman–Crippen LogP) is 1.57. The highest BCUT2D eigenvalue weighted by molar-refractivity contribution is 7.88. The van der Waals surface area contributed by atoms with Gasteiger partial charge in [0.25, 0.3) is 0 Å². The molecule has 4 rings (SSSR count). The normalized spacial score (nSPS) is 21.5. The molecule has 150 valence electrons. The minimum Gasteiger partial charge on any atom is -0.337 e. The van der Waals surface area contributed by atoms with E-state index >= 15 is 0 Å². The summed E-state index contributed by atoms with van der Waals surface area (Å²) in [6.45, 7) is 2.09. The van der Waals surface area contributed by atoms with Gasteiger partial charge in [-0.2, -0.15) is 5.10 Å². The van der Waals surface area contributed by atoms with Gasteiger partial charge in [-0.3, -0.25) is 9.48 Å². The molecule has 0 saturated carbocycles. The molecule has 1 unspecified atom stereocenters. The van der Waals surface area contributed by atoms with E-state index in [-0.39, 0.29) is 17.7 Å². The van der Waals surface area contributed by atoms with Gasteiger partial charge in [0.05, 0.1) is 12.5 Å². The van der Waals surface area contributed by atoms with Crippen molar-refractivity contribution in [2.24, 2.45) is 13.0 Å². The molecule has 2 aromatic rings. The second-order valence-corrected chi connectivity index (χ2v) is 9.84. The third kappa shape index (κ3) is 3.71. The van der Waals surface area contributed by atoms with Crippen molar-refractivity contribution >= 4 is 15.9 Å². The van der Waals surface area contributed by atoms with Crippen molar-refractivity contribution in [1.82, 2.24) is 19.0 Å². The number of aromatic nitrogens is 2. The Balaban J connectivity index is 1.54. The number of rotatable bonds is 3. The van der Waals surface area contributed by atoms with Crippen molar-refractivity contribution in [1.29, 1.82) is 0 Å². The number of hydrogen-bond donors (Lipinski definition) is 0. The first-order valence-corrected chi connectivity index (χ1v) is 11.5. The van der Waals surface area contributed by atoms with Crippen LogP contribution in [0.15, 0.2) is 36.7 Å². The number of amides is 1. The summed E-state index contributed by atoms with van der Waals surface area (Å²) in [5, 5.41) is 4.31. The van der Waals surface area contributed by atoms with E-state index in [0.717, 1.165) is 5.56 Å². The SMILES string of the molecule is Cn1cc(C2CN(C(=O)C3CCN(S(C)(=O)=O)CC3)Cc3ccccc32)cn1. The Kier molecular flexibility index (Phi) is 5.01. The van der Waals surface area contributed by atoms with Gasteiger partial charge < -0.3 is 4.90 Å². The summed E-state index contributed by atoms with van der Waals surface area (Å²) in [6.07, 6.45) is 6.29. The van der Waals surface area contributed by atoms with Crippen LogP contribution >= 0.6 is 0 Å². The Morgan fingerprint density at radius 3 is 2.54 bits per heavy atom. The zero-order valence-corrected chi connectivity index (χ0v) is 17.1. The first-order chi connectivity index (χ1) is 13.3. The van der Waals surface area contributed by atoms with Gasteiger partial charge in [-0.05, 0) is 29.5 Å². The van der Waals surface area contributed by atoms with Crippen LogP contribution in [0.25, 0.3) is 0 Å². The van der Waals surface area contributed by atoms with Crippen LogP contribution in [0, 0.1) is 5.92 Å². The highest BCUT2D eigenvalue weighted by atomic mass is 32.2. The molecule has 1 saturated heterocycles. The standard InChI is InChI=1S/C20H26N4O3S/c1-22-12-17(11-21-22)19-14-23(13-16-5-3-4-6-18(16)19)20(25)15-7-9-24(10-8-15)28(2,26)27/h3-6,11-12,15,19H,7-10,13-14H2,1-2H3. The summed E-state index contributed by atoms with van der Waals surface area (Å²) in [5.41, 5.74) is 3.54. The topological polar surface area (TPSA) is 75.5 Å². The van der Waals surface area contributed by atoms with Crippen molar-refractivity contribution in [3.8, 4) is 0 Å². The number of benzene rings is 1. The molecule has 0 spiro atoms. The maximum atomic E-state index is 13.2. The van der Waals surface area contributed by atoms with Crippen molar-refractivity contribution in [2.45, 2.75) is 25.3 Å². The van der Waals surface area contributed by atoms with Gasteiger partial charge in [0.15, 0.2) is 0 Å². The molecule has 0 bridgehead atoms. The van der Waals surface area contributed by atoms with Crippen LogP contribution in [0.4, 0.5) is 0 Å². The Hall–Kier alpha value is -2.19. The lowest BCUT2D eigenvalue weighted by molar-refractivity contribution is -0.137. The van der Waals surface area contributed by atoms with Crippen LogP contribution in [0.2, 0.25) is 0 Å². The number of aryl methyl sites for hydroxylation is 1. The molecule has 1 aromatic heterocycles. The fourth-order valence-corrected chi connectivity index (χ4v) is 5.25. The number of nitrogens with zero attached hydrogens (tertiary/aromatic N) is 4. The highest BCUT2D eigenvalue weighted by Crippen LogP contribution is 2.34. The predicted molar refractivity (Wildman–Crippen MR) is 106 cm³/mol. The van der Waals surface area contributed by atoms with Crippen molar-refractivity contribution < 1.29 is 13.2 Å². The van der Waals surface area contributed by atoms with Gasteiger partial charge >= 0.3 is 0 Å². The van der Waals surface area contributed by atoms with Gasteiger partial charge in [0.1, 0.15) is 0 Å². The molecule has 1 amide bonds.